The minimum atomic E-state index is -0.728. The molecule has 0 bridgehead atoms. The van der Waals surface area contributed by atoms with Crippen molar-refractivity contribution in [2.75, 3.05) is 7.11 Å². The highest BCUT2D eigenvalue weighted by atomic mass is 16.6. The lowest BCUT2D eigenvalue weighted by molar-refractivity contribution is -0.138. The Labute approximate surface area is 197 Å². The maximum atomic E-state index is 11.0. The van der Waals surface area contributed by atoms with Crippen molar-refractivity contribution >= 4 is 11.7 Å². The van der Waals surface area contributed by atoms with Crippen molar-refractivity contribution in [3.05, 3.63) is 101 Å². The van der Waals surface area contributed by atoms with E-state index in [9.17, 15) is 4.79 Å². The van der Waals surface area contributed by atoms with Gasteiger partial charge in [0.25, 0.3) is 0 Å². The van der Waals surface area contributed by atoms with Crippen LogP contribution in [0.25, 0.3) is 5.70 Å². The van der Waals surface area contributed by atoms with Crippen LogP contribution in [0.15, 0.2) is 79.1 Å². The molecule has 1 fully saturated rings. The van der Waals surface area contributed by atoms with Gasteiger partial charge in [-0.2, -0.15) is 5.26 Å². The summed E-state index contributed by atoms with van der Waals surface area (Å²) >= 11 is 0. The second-order valence-electron chi connectivity index (χ2n) is 7.93. The summed E-state index contributed by atoms with van der Waals surface area (Å²) < 4.78 is 11.6. The van der Waals surface area contributed by atoms with Gasteiger partial charge >= 0.3 is 5.97 Å². The third-order valence-corrected chi connectivity index (χ3v) is 5.59. The lowest BCUT2D eigenvalue weighted by atomic mass is 10.1. The zero-order chi connectivity index (χ0) is 23.9. The fraction of sp³-hybridized carbons (Fsp3) is 0.185. The molecular weight excluding hydrogens is 432 g/mol. The van der Waals surface area contributed by atoms with E-state index in [1.54, 1.807) is 18.4 Å². The highest BCUT2D eigenvalue weighted by molar-refractivity contribution is 5.75. The summed E-state index contributed by atoms with van der Waals surface area (Å²) in [6.07, 6.45) is 2.25. The van der Waals surface area contributed by atoms with Crippen LogP contribution in [0.4, 0.5) is 0 Å². The molecule has 1 aliphatic carbocycles. The zero-order valence-electron chi connectivity index (χ0n) is 18.6. The van der Waals surface area contributed by atoms with Gasteiger partial charge in [0.15, 0.2) is 0 Å². The molecule has 0 spiro atoms. The first-order valence-electron chi connectivity index (χ1n) is 10.8. The second kappa shape index (κ2) is 10.6. The Bertz CT molecular complexity index is 1200. The topological polar surface area (TPSA) is 101 Å². The normalized spacial score (nSPS) is 16.9. The van der Waals surface area contributed by atoms with Crippen molar-refractivity contribution in [2.45, 2.75) is 18.9 Å². The van der Waals surface area contributed by atoms with E-state index in [0.717, 1.165) is 22.4 Å². The van der Waals surface area contributed by atoms with Crippen molar-refractivity contribution in [3.63, 3.8) is 0 Å². The summed E-state index contributed by atoms with van der Waals surface area (Å²) in [5.41, 5.74) is 6.81. The molecule has 2 unspecified atom stereocenters. The Hall–Kier alpha value is -4.28. The number of ether oxygens (including phenoxy) is 2. The summed E-state index contributed by atoms with van der Waals surface area (Å²) in [7, 11) is 1.51. The van der Waals surface area contributed by atoms with Crippen molar-refractivity contribution in [3.8, 4) is 17.6 Å². The lowest BCUT2D eigenvalue weighted by Crippen LogP contribution is -2.11. The molecule has 1 aliphatic rings. The van der Waals surface area contributed by atoms with Gasteiger partial charge in [0.05, 0.1) is 24.7 Å². The molecule has 2 atom stereocenters. The standard InChI is InChI=1S/C27H24N2O5/c1-32-29-26(21-6-2-18(15-28)3-7-21)17-34-22-10-4-19(5-11-22)16-33-23-12-8-20(9-13-23)24-14-25(24)27(30)31/h2-13,17,24-25,29H,14,16H2,1H3,(H,30,31). The Kier molecular flexibility index (Phi) is 7.11. The van der Waals surface area contributed by atoms with Gasteiger partial charge in [-0.15, -0.1) is 0 Å². The van der Waals surface area contributed by atoms with Crippen LogP contribution >= 0.6 is 0 Å². The third kappa shape index (κ3) is 5.74. The smallest absolute Gasteiger partial charge is 0.307 e. The SMILES string of the molecule is CONC(=COc1ccc(COc2ccc(C3CC3C(=O)O)cc2)cc1)c1ccc(C#N)cc1. The Balaban J connectivity index is 1.31. The number of nitrogens with one attached hydrogen (secondary N) is 1. The molecule has 2 N–H and O–H groups in total. The lowest BCUT2D eigenvalue weighted by Gasteiger charge is -2.10. The van der Waals surface area contributed by atoms with Gasteiger partial charge in [-0.3, -0.25) is 15.1 Å². The molecule has 1 saturated carbocycles. The molecule has 0 radical (unpaired) electrons. The maximum Gasteiger partial charge on any atom is 0.307 e. The van der Waals surface area contributed by atoms with E-state index in [0.29, 0.717) is 30.0 Å². The second-order valence-corrected chi connectivity index (χ2v) is 7.93. The van der Waals surface area contributed by atoms with Gasteiger partial charge in [-0.1, -0.05) is 36.4 Å². The first-order valence-corrected chi connectivity index (χ1v) is 10.8. The van der Waals surface area contributed by atoms with Crippen LogP contribution in [-0.2, 0) is 16.2 Å². The molecule has 0 aliphatic heterocycles. The molecule has 7 nitrogen and oxygen atoms in total. The zero-order valence-corrected chi connectivity index (χ0v) is 18.6. The molecule has 4 rings (SSSR count). The number of carboxylic acid groups (broad SMARTS) is 1. The van der Waals surface area contributed by atoms with Gasteiger partial charge in [0, 0.05) is 5.56 Å². The molecule has 0 heterocycles. The van der Waals surface area contributed by atoms with Gasteiger partial charge in [-0.05, 0) is 59.9 Å². The van der Waals surface area contributed by atoms with Crippen molar-refractivity contribution < 1.29 is 24.2 Å². The number of hydrogen-bond acceptors (Lipinski definition) is 6. The highest BCUT2D eigenvalue weighted by Crippen LogP contribution is 2.47. The summed E-state index contributed by atoms with van der Waals surface area (Å²) in [5.74, 6) is 0.512. The van der Waals surface area contributed by atoms with Gasteiger partial charge in [0.1, 0.15) is 30.1 Å². The summed E-state index contributed by atoms with van der Waals surface area (Å²) in [6.45, 7) is 0.401. The molecule has 34 heavy (non-hydrogen) atoms. The van der Waals surface area contributed by atoms with Crippen molar-refractivity contribution in [1.82, 2.24) is 5.48 Å². The Morgan fingerprint density at radius 1 is 1.06 bits per heavy atom. The molecule has 7 heteroatoms. The van der Waals surface area contributed by atoms with Gasteiger partial charge in [0.2, 0.25) is 0 Å². The first-order chi connectivity index (χ1) is 16.6. The average Bonchev–Trinajstić information content (AvgIpc) is 3.68. The number of aliphatic carboxylic acids is 1. The number of benzene rings is 3. The van der Waals surface area contributed by atoms with E-state index in [1.165, 1.54) is 7.11 Å². The molecule has 3 aromatic carbocycles. The highest BCUT2D eigenvalue weighted by Gasteiger charge is 2.44. The number of nitriles is 1. The summed E-state index contributed by atoms with van der Waals surface area (Å²) in [5, 5.41) is 18.0. The molecule has 0 saturated heterocycles. The number of hydrogen-bond donors (Lipinski definition) is 2. The van der Waals surface area contributed by atoms with Crippen LogP contribution < -0.4 is 15.0 Å². The van der Waals surface area contributed by atoms with E-state index in [2.05, 4.69) is 11.5 Å². The average molecular weight is 456 g/mol. The van der Waals surface area contributed by atoms with E-state index in [-0.39, 0.29) is 11.8 Å². The number of hydroxylamine groups is 1. The quantitative estimate of drug-likeness (QED) is 0.332. The van der Waals surface area contributed by atoms with Crippen molar-refractivity contribution in [1.29, 1.82) is 5.26 Å². The molecule has 0 aromatic heterocycles. The van der Waals surface area contributed by atoms with Crippen LogP contribution in [0.1, 0.15) is 34.6 Å². The minimum Gasteiger partial charge on any atom is -0.489 e. The largest absolute Gasteiger partial charge is 0.489 e. The number of rotatable bonds is 10. The first kappa shape index (κ1) is 22.9. The van der Waals surface area contributed by atoms with Crippen LogP contribution in [0.2, 0.25) is 0 Å². The predicted octanol–water partition coefficient (Wildman–Crippen LogP) is 4.85. The minimum absolute atomic E-state index is 0.115. The third-order valence-electron chi connectivity index (χ3n) is 5.59. The van der Waals surface area contributed by atoms with Crippen LogP contribution in [-0.4, -0.2) is 18.2 Å². The van der Waals surface area contributed by atoms with Crippen LogP contribution in [0, 0.1) is 17.2 Å². The Morgan fingerprint density at radius 3 is 2.32 bits per heavy atom. The predicted molar refractivity (Wildman–Crippen MR) is 126 cm³/mol. The van der Waals surface area contributed by atoms with E-state index >= 15 is 0 Å². The molecule has 172 valence electrons. The van der Waals surface area contributed by atoms with E-state index in [4.69, 9.17) is 24.7 Å². The fourth-order valence-electron chi connectivity index (χ4n) is 3.59. The van der Waals surface area contributed by atoms with Crippen molar-refractivity contribution in [2.24, 2.45) is 5.92 Å². The number of carboxylic acids is 1. The van der Waals surface area contributed by atoms with E-state index in [1.807, 2.05) is 60.7 Å². The summed E-state index contributed by atoms with van der Waals surface area (Å²) in [6, 6.07) is 24.3. The monoisotopic (exact) mass is 456 g/mol. The number of carbonyl (C=O) groups is 1. The van der Waals surface area contributed by atoms with Gasteiger partial charge < -0.3 is 14.6 Å². The Morgan fingerprint density at radius 2 is 1.74 bits per heavy atom. The van der Waals surface area contributed by atoms with Gasteiger partial charge in [-0.25, -0.2) is 0 Å². The molecule has 3 aromatic rings. The fourth-order valence-corrected chi connectivity index (χ4v) is 3.59. The van der Waals surface area contributed by atoms with E-state index < -0.39 is 5.97 Å². The van der Waals surface area contributed by atoms with Crippen LogP contribution in [0.3, 0.4) is 0 Å². The van der Waals surface area contributed by atoms with Crippen LogP contribution in [0.5, 0.6) is 11.5 Å². The number of nitrogens with zero attached hydrogens (tertiary/aromatic N) is 1. The summed E-state index contributed by atoms with van der Waals surface area (Å²) in [4.78, 5) is 16.1. The maximum absolute atomic E-state index is 11.0. The molecule has 0 amide bonds. The molecular formula is C27H24N2O5.